The largest absolute Gasteiger partial charge is 0.305 e. The normalized spacial score (nSPS) is 13.5. The van der Waals surface area contributed by atoms with Crippen LogP contribution in [0.5, 0.6) is 0 Å². The number of rotatable bonds is 4. The SMILES string of the molecule is CC(C)(C)c1cc[c-]c(-c2cc(C(C)(C)C)ccn2)c1.CCC(C)(C)c1ccnc(-c2[c-]cc3c(c2)-c2ccc4ccccc4c2C3(C)C)c1.[Ir]. The molecule has 3 heteroatoms. The second-order valence-corrected chi connectivity index (χ2v) is 17.1. The van der Waals surface area contributed by atoms with E-state index in [0.717, 1.165) is 28.9 Å². The van der Waals surface area contributed by atoms with Crippen LogP contribution in [0.25, 0.3) is 44.4 Å². The maximum Gasteiger partial charge on any atom is 0.0163 e. The molecule has 51 heavy (non-hydrogen) atoms. The molecule has 7 rings (SSSR count). The quantitative estimate of drug-likeness (QED) is 0.165. The van der Waals surface area contributed by atoms with E-state index < -0.39 is 0 Å². The molecular weight excluding hydrogens is 797 g/mol. The van der Waals surface area contributed by atoms with E-state index in [2.05, 4.69) is 178 Å². The zero-order valence-corrected chi connectivity index (χ0v) is 34.6. The van der Waals surface area contributed by atoms with E-state index in [1.165, 1.54) is 49.7 Å². The first-order valence-electron chi connectivity index (χ1n) is 18.1. The molecule has 2 nitrogen and oxygen atoms in total. The Balaban J connectivity index is 0.000000211. The van der Waals surface area contributed by atoms with Crippen LogP contribution in [0.4, 0.5) is 0 Å². The van der Waals surface area contributed by atoms with E-state index >= 15 is 0 Å². The van der Waals surface area contributed by atoms with Gasteiger partial charge in [-0.3, -0.25) is 0 Å². The van der Waals surface area contributed by atoms with Gasteiger partial charge in [-0.2, -0.15) is 0 Å². The zero-order chi connectivity index (χ0) is 36.1. The van der Waals surface area contributed by atoms with Crippen LogP contribution in [-0.2, 0) is 41.8 Å². The molecule has 0 saturated heterocycles. The number of aromatic nitrogens is 2. The van der Waals surface area contributed by atoms with E-state index in [9.17, 15) is 0 Å². The molecule has 0 unspecified atom stereocenters. The van der Waals surface area contributed by atoms with E-state index in [1.54, 1.807) is 0 Å². The minimum absolute atomic E-state index is 0. The Bertz CT molecular complexity index is 2120. The molecule has 0 amide bonds. The molecule has 0 saturated carbocycles. The average molecular weight is 849 g/mol. The number of pyridine rings is 2. The van der Waals surface area contributed by atoms with Gasteiger partial charge in [0.1, 0.15) is 0 Å². The molecular formula is C48H52IrN2-2. The molecule has 2 heterocycles. The van der Waals surface area contributed by atoms with Crippen LogP contribution < -0.4 is 0 Å². The molecule has 0 aliphatic heterocycles. The van der Waals surface area contributed by atoms with Gasteiger partial charge in [0.05, 0.1) is 0 Å². The van der Waals surface area contributed by atoms with Crippen molar-refractivity contribution in [3.05, 3.63) is 143 Å². The predicted molar refractivity (Wildman–Crippen MR) is 213 cm³/mol. The Hall–Kier alpha value is -3.91. The van der Waals surface area contributed by atoms with Crippen LogP contribution in [0.15, 0.2) is 103 Å². The number of hydrogen-bond acceptors (Lipinski definition) is 2. The third-order valence-corrected chi connectivity index (χ3v) is 10.7. The monoisotopic (exact) mass is 849 g/mol. The molecule has 0 fully saturated rings. The van der Waals surface area contributed by atoms with Crippen LogP contribution in [0.2, 0.25) is 0 Å². The van der Waals surface area contributed by atoms with Crippen molar-refractivity contribution >= 4 is 10.8 Å². The van der Waals surface area contributed by atoms with Crippen molar-refractivity contribution in [1.82, 2.24) is 9.97 Å². The van der Waals surface area contributed by atoms with Gasteiger partial charge in [0, 0.05) is 32.5 Å². The smallest absolute Gasteiger partial charge is 0.0163 e. The van der Waals surface area contributed by atoms with Gasteiger partial charge in [-0.15, -0.1) is 64.7 Å². The molecule has 1 aliphatic rings. The van der Waals surface area contributed by atoms with Crippen molar-refractivity contribution < 1.29 is 20.1 Å². The molecule has 4 aromatic carbocycles. The Labute approximate surface area is 320 Å². The van der Waals surface area contributed by atoms with Gasteiger partial charge < -0.3 is 9.97 Å². The summed E-state index contributed by atoms with van der Waals surface area (Å²) in [5, 5.41) is 2.65. The second-order valence-electron chi connectivity index (χ2n) is 17.1. The standard InChI is InChI=1S/C29H28N.C19H24N.Ir/c1-6-28(2,3)21-15-16-30-26(18-21)20-12-14-25-24(17-20)23-13-11-19-9-7-8-10-22(19)27(23)29(25,4)5;1-18(2,3)15-9-7-8-14(12-15)17-13-16(10-11-20-17)19(4,5)6;/h7-11,13-18H,6H2,1-5H3;7,9-13H,1-6H3;/q2*-1;. The van der Waals surface area contributed by atoms with Crippen molar-refractivity contribution in [2.75, 3.05) is 0 Å². The summed E-state index contributed by atoms with van der Waals surface area (Å²) in [5.74, 6) is 0. The first-order chi connectivity index (χ1) is 23.5. The zero-order valence-electron chi connectivity index (χ0n) is 32.2. The van der Waals surface area contributed by atoms with Crippen molar-refractivity contribution in [2.24, 2.45) is 0 Å². The summed E-state index contributed by atoms with van der Waals surface area (Å²) in [4.78, 5) is 9.21. The van der Waals surface area contributed by atoms with Gasteiger partial charge >= 0.3 is 0 Å². The number of nitrogens with zero attached hydrogens (tertiary/aromatic N) is 2. The molecule has 265 valence electrons. The molecule has 1 radical (unpaired) electrons. The van der Waals surface area contributed by atoms with Crippen LogP contribution in [-0.4, -0.2) is 9.97 Å². The molecule has 0 N–H and O–H groups in total. The third kappa shape index (κ3) is 7.67. The van der Waals surface area contributed by atoms with Crippen molar-refractivity contribution in [1.29, 1.82) is 0 Å². The minimum atomic E-state index is -0.0416. The summed E-state index contributed by atoms with van der Waals surface area (Å²) < 4.78 is 0. The van der Waals surface area contributed by atoms with Crippen LogP contribution in [0.1, 0.15) is 110 Å². The summed E-state index contributed by atoms with van der Waals surface area (Å²) in [6, 6.07) is 39.6. The Morgan fingerprint density at radius 2 is 1.22 bits per heavy atom. The fourth-order valence-corrected chi connectivity index (χ4v) is 7.01. The van der Waals surface area contributed by atoms with Crippen molar-refractivity contribution in [3.63, 3.8) is 0 Å². The fourth-order valence-electron chi connectivity index (χ4n) is 7.01. The van der Waals surface area contributed by atoms with E-state index in [1.807, 2.05) is 18.5 Å². The average Bonchev–Trinajstić information content (AvgIpc) is 3.34. The summed E-state index contributed by atoms with van der Waals surface area (Å²) in [6.45, 7) is 24.8. The maximum absolute atomic E-state index is 4.69. The molecule has 6 aromatic rings. The van der Waals surface area contributed by atoms with Gasteiger partial charge in [-0.1, -0.05) is 130 Å². The molecule has 0 bridgehead atoms. The van der Waals surface area contributed by atoms with Crippen LogP contribution >= 0.6 is 0 Å². The summed E-state index contributed by atoms with van der Waals surface area (Å²) in [5.41, 5.74) is 13.9. The van der Waals surface area contributed by atoms with Crippen molar-refractivity contribution in [2.45, 2.75) is 104 Å². The summed E-state index contributed by atoms with van der Waals surface area (Å²) >= 11 is 0. The molecule has 1 aliphatic carbocycles. The predicted octanol–water partition coefficient (Wildman–Crippen LogP) is 12.8. The van der Waals surface area contributed by atoms with Crippen LogP contribution in [0.3, 0.4) is 0 Å². The third-order valence-electron chi connectivity index (χ3n) is 10.7. The van der Waals surface area contributed by atoms with E-state index in [0.29, 0.717) is 0 Å². The number of hydrogen-bond donors (Lipinski definition) is 0. The van der Waals surface area contributed by atoms with E-state index in [4.69, 9.17) is 4.98 Å². The first kappa shape index (κ1) is 38.3. The second kappa shape index (κ2) is 14.3. The fraction of sp³-hybridized carbons (Fsp3) is 0.333. The van der Waals surface area contributed by atoms with Gasteiger partial charge in [0.2, 0.25) is 0 Å². The van der Waals surface area contributed by atoms with Gasteiger partial charge in [-0.05, 0) is 84.6 Å². The topological polar surface area (TPSA) is 25.8 Å². The Morgan fingerprint density at radius 3 is 1.86 bits per heavy atom. The Morgan fingerprint density at radius 1 is 0.627 bits per heavy atom. The molecule has 0 spiro atoms. The van der Waals surface area contributed by atoms with E-state index in [-0.39, 0.29) is 41.8 Å². The van der Waals surface area contributed by atoms with Gasteiger partial charge in [-0.25, -0.2) is 0 Å². The minimum Gasteiger partial charge on any atom is -0.305 e. The molecule has 0 atom stereocenters. The molecule has 2 aromatic heterocycles. The summed E-state index contributed by atoms with van der Waals surface area (Å²) in [6.07, 6.45) is 4.93. The number of benzene rings is 4. The summed E-state index contributed by atoms with van der Waals surface area (Å²) in [7, 11) is 0. The Kier molecular flexibility index (Phi) is 10.7. The maximum atomic E-state index is 4.69. The van der Waals surface area contributed by atoms with Gasteiger partial charge in [0.15, 0.2) is 0 Å². The van der Waals surface area contributed by atoms with Crippen LogP contribution in [0, 0.1) is 12.1 Å². The van der Waals surface area contributed by atoms with Gasteiger partial charge in [0.25, 0.3) is 0 Å². The first-order valence-corrected chi connectivity index (χ1v) is 18.1. The van der Waals surface area contributed by atoms with Crippen molar-refractivity contribution in [3.8, 4) is 33.6 Å². The number of fused-ring (bicyclic) bond motifs is 5.